The Morgan fingerprint density at radius 2 is 2.53 bits per heavy atom. The molecule has 0 N–H and O–H groups in total. The first kappa shape index (κ1) is 11.6. The molecule has 0 aliphatic carbocycles. The highest BCUT2D eigenvalue weighted by Crippen LogP contribution is 2.52. The quantitative estimate of drug-likeness (QED) is 0.779. The second kappa shape index (κ2) is 3.89. The Bertz CT molecular complexity index is 546. The number of aromatic nitrogens is 2. The van der Waals surface area contributed by atoms with Gasteiger partial charge in [0.25, 0.3) is 0 Å². The number of amides is 1. The van der Waals surface area contributed by atoms with Crippen LogP contribution in [0.15, 0.2) is 11.4 Å². The lowest BCUT2D eigenvalue weighted by molar-refractivity contribution is -0.0718. The Kier molecular flexibility index (Phi) is 2.38. The van der Waals surface area contributed by atoms with Crippen LogP contribution in [-0.4, -0.2) is 51.1 Å². The van der Waals surface area contributed by atoms with Gasteiger partial charge in [-0.05, 0) is 13.8 Å². The molecule has 6 nitrogen and oxygen atoms in total. The molecule has 3 aliphatic rings. The van der Waals surface area contributed by atoms with Crippen LogP contribution in [0.4, 0.5) is 4.79 Å². The maximum atomic E-state index is 12.0. The summed E-state index contributed by atoms with van der Waals surface area (Å²) in [5.74, 6) is 0. The smallest absolute Gasteiger partial charge is 0.410 e. The molecule has 19 heavy (non-hydrogen) atoms. The Hall–Kier alpha value is -1.21. The van der Waals surface area contributed by atoms with Crippen molar-refractivity contribution >= 4 is 17.9 Å². The van der Waals surface area contributed by atoms with E-state index in [-0.39, 0.29) is 24.5 Å². The Labute approximate surface area is 115 Å². The number of likely N-dealkylation sites (tertiary alicyclic amines) is 1. The summed E-state index contributed by atoms with van der Waals surface area (Å²) in [5, 5.41) is 1.47. The normalized spacial score (nSPS) is 34.5. The predicted molar refractivity (Wildman–Crippen MR) is 68.0 cm³/mol. The Morgan fingerprint density at radius 1 is 1.68 bits per heavy atom. The number of hydrogen-bond acceptors (Lipinski definition) is 5. The zero-order chi connectivity index (χ0) is 13.1. The third-order valence-electron chi connectivity index (χ3n) is 3.99. The minimum absolute atomic E-state index is 0.0650. The van der Waals surface area contributed by atoms with Crippen molar-refractivity contribution in [3.63, 3.8) is 0 Å². The minimum Gasteiger partial charge on any atom is -0.450 e. The molecule has 4 bridgehead atoms. The monoisotopic (exact) mass is 281 g/mol. The summed E-state index contributed by atoms with van der Waals surface area (Å²) in [7, 11) is 0. The molecule has 2 saturated heterocycles. The molecular formula is C12H15N3O3S. The number of nitrogens with zero attached hydrogens (tertiary/aromatic N) is 3. The molecule has 3 aliphatic heterocycles. The second-order valence-corrected chi connectivity index (χ2v) is 6.20. The van der Waals surface area contributed by atoms with Crippen molar-refractivity contribution in [2.75, 3.05) is 13.2 Å². The van der Waals surface area contributed by atoms with E-state index >= 15 is 0 Å². The predicted octanol–water partition coefficient (Wildman–Crippen LogP) is 1.40. The minimum atomic E-state index is -0.228. The van der Waals surface area contributed by atoms with Crippen molar-refractivity contribution in [3.8, 4) is 0 Å². The molecule has 4 rings (SSSR count). The van der Waals surface area contributed by atoms with Crippen molar-refractivity contribution in [2.24, 2.45) is 0 Å². The van der Waals surface area contributed by atoms with E-state index in [1.54, 1.807) is 11.8 Å². The van der Waals surface area contributed by atoms with E-state index in [9.17, 15) is 4.79 Å². The molecule has 7 heteroatoms. The molecule has 0 spiro atoms. The van der Waals surface area contributed by atoms with E-state index in [1.165, 1.54) is 5.03 Å². The lowest BCUT2D eigenvalue weighted by atomic mass is 10.2. The first-order chi connectivity index (χ1) is 9.20. The van der Waals surface area contributed by atoms with Crippen molar-refractivity contribution in [2.45, 2.75) is 42.5 Å². The number of hydrogen-bond donors (Lipinski definition) is 0. The average Bonchev–Trinajstić information content (AvgIpc) is 3.02. The molecule has 1 amide bonds. The SMILES string of the molecule is CCOC(=O)N1CC2OC3C1C2Sc1c(C)ncn13. The number of carbonyl (C=O) groups is 1. The van der Waals surface area contributed by atoms with Gasteiger partial charge in [0.1, 0.15) is 5.03 Å². The molecule has 4 atom stereocenters. The van der Waals surface area contributed by atoms with Gasteiger partial charge in [-0.15, -0.1) is 0 Å². The van der Waals surface area contributed by atoms with Crippen LogP contribution in [0.25, 0.3) is 0 Å². The largest absolute Gasteiger partial charge is 0.450 e. The molecule has 102 valence electrons. The molecule has 1 aromatic heterocycles. The molecule has 0 radical (unpaired) electrons. The van der Waals surface area contributed by atoms with E-state index in [1.807, 2.05) is 29.6 Å². The third kappa shape index (κ3) is 1.42. The maximum absolute atomic E-state index is 12.0. The molecule has 4 unspecified atom stereocenters. The van der Waals surface area contributed by atoms with Gasteiger partial charge in [0.2, 0.25) is 0 Å². The molecule has 4 heterocycles. The Morgan fingerprint density at radius 3 is 3.32 bits per heavy atom. The van der Waals surface area contributed by atoms with Gasteiger partial charge in [0, 0.05) is 0 Å². The fraction of sp³-hybridized carbons (Fsp3) is 0.667. The molecule has 1 aromatic rings. The van der Waals surface area contributed by atoms with E-state index in [0.717, 1.165) is 5.69 Å². The summed E-state index contributed by atoms with van der Waals surface area (Å²) >= 11 is 1.78. The summed E-state index contributed by atoms with van der Waals surface area (Å²) < 4.78 is 13.2. The first-order valence-corrected chi connectivity index (χ1v) is 7.37. The fourth-order valence-electron chi connectivity index (χ4n) is 3.19. The van der Waals surface area contributed by atoms with Crippen LogP contribution in [0.5, 0.6) is 0 Å². The Balaban J connectivity index is 1.68. The summed E-state index contributed by atoms with van der Waals surface area (Å²) in [6, 6.07) is 0.0650. The number of thioether (sulfide) groups is 1. The number of carbonyl (C=O) groups excluding carboxylic acids is 1. The lowest BCUT2D eigenvalue weighted by Gasteiger charge is -2.35. The average molecular weight is 281 g/mol. The van der Waals surface area contributed by atoms with Crippen LogP contribution in [0, 0.1) is 6.92 Å². The number of rotatable bonds is 1. The number of imidazole rings is 1. The maximum Gasteiger partial charge on any atom is 0.410 e. The van der Waals surface area contributed by atoms with Gasteiger partial charge in [-0.1, -0.05) is 11.8 Å². The van der Waals surface area contributed by atoms with Gasteiger partial charge in [0.05, 0.1) is 42.6 Å². The van der Waals surface area contributed by atoms with Crippen molar-refractivity contribution in [3.05, 3.63) is 12.0 Å². The summed E-state index contributed by atoms with van der Waals surface area (Å²) in [5.41, 5.74) is 1.03. The van der Waals surface area contributed by atoms with Gasteiger partial charge in [-0.25, -0.2) is 9.78 Å². The molecular weight excluding hydrogens is 266 g/mol. The van der Waals surface area contributed by atoms with Crippen LogP contribution in [-0.2, 0) is 9.47 Å². The van der Waals surface area contributed by atoms with E-state index in [4.69, 9.17) is 9.47 Å². The highest BCUT2D eigenvalue weighted by atomic mass is 32.2. The zero-order valence-corrected chi connectivity index (χ0v) is 11.6. The van der Waals surface area contributed by atoms with E-state index in [2.05, 4.69) is 4.98 Å². The van der Waals surface area contributed by atoms with E-state index in [0.29, 0.717) is 18.4 Å². The number of aryl methyl sites for hydroxylation is 1. The summed E-state index contributed by atoms with van der Waals surface area (Å²) in [6.45, 7) is 4.88. The first-order valence-electron chi connectivity index (χ1n) is 6.49. The van der Waals surface area contributed by atoms with Crippen molar-refractivity contribution in [1.82, 2.24) is 14.5 Å². The fourth-order valence-corrected chi connectivity index (χ4v) is 4.67. The molecule has 2 fully saturated rings. The summed E-state index contributed by atoms with van der Waals surface area (Å²) in [6.07, 6.45) is 1.58. The lowest BCUT2D eigenvalue weighted by Crippen LogP contribution is -2.46. The number of morpholine rings is 1. The number of ether oxygens (including phenoxy) is 2. The number of fused-ring (bicyclic) bond motifs is 2. The van der Waals surface area contributed by atoms with Gasteiger partial charge in [0.15, 0.2) is 6.23 Å². The van der Waals surface area contributed by atoms with Crippen LogP contribution < -0.4 is 0 Å². The standard InChI is InChI=1S/C12H15N3O3S/c1-3-17-12(16)14-4-7-9-8(14)10(18-7)15-5-13-6(2)11(15)19-9/h5,7-10H,3-4H2,1-2H3. The van der Waals surface area contributed by atoms with E-state index < -0.39 is 0 Å². The second-order valence-electron chi connectivity index (χ2n) is 5.03. The highest BCUT2D eigenvalue weighted by molar-refractivity contribution is 8.00. The van der Waals surface area contributed by atoms with Gasteiger partial charge >= 0.3 is 6.09 Å². The van der Waals surface area contributed by atoms with Crippen LogP contribution >= 0.6 is 11.8 Å². The van der Waals surface area contributed by atoms with Crippen LogP contribution in [0.1, 0.15) is 18.8 Å². The molecule has 0 saturated carbocycles. The van der Waals surface area contributed by atoms with Crippen molar-refractivity contribution < 1.29 is 14.3 Å². The van der Waals surface area contributed by atoms with Crippen LogP contribution in [0.3, 0.4) is 0 Å². The third-order valence-corrected chi connectivity index (χ3v) is 5.57. The van der Waals surface area contributed by atoms with Gasteiger partial charge in [-0.3, -0.25) is 9.47 Å². The van der Waals surface area contributed by atoms with Gasteiger partial charge < -0.3 is 9.47 Å². The topological polar surface area (TPSA) is 56.6 Å². The van der Waals surface area contributed by atoms with Crippen molar-refractivity contribution in [1.29, 1.82) is 0 Å². The summed E-state index contributed by atoms with van der Waals surface area (Å²) in [4.78, 5) is 18.1. The van der Waals surface area contributed by atoms with Gasteiger partial charge in [-0.2, -0.15) is 0 Å². The zero-order valence-electron chi connectivity index (χ0n) is 10.8. The van der Waals surface area contributed by atoms with Crippen LogP contribution in [0.2, 0.25) is 0 Å². The molecule has 0 aromatic carbocycles. The highest BCUT2D eigenvalue weighted by Gasteiger charge is 2.60.